The lowest BCUT2D eigenvalue weighted by atomic mass is 9.84. The maximum absolute atomic E-state index is 11.5. The molecular weight excluding hydrogens is 302 g/mol. The van der Waals surface area contributed by atoms with Gasteiger partial charge in [-0.2, -0.15) is 0 Å². The fourth-order valence-electron chi connectivity index (χ4n) is 3.06. The van der Waals surface area contributed by atoms with Crippen molar-refractivity contribution in [3.63, 3.8) is 0 Å². The standard InChI is InChI=1S/C19H21N3O2/c1-4-19(24-5-2,18(3,23)15-11-7-6-8-12-15)22-17-14-10-9-13-16(17)20-21-22/h4,6-14,23H,1,5H2,2-3H3. The molecule has 2 unspecified atom stereocenters. The number of hydrogen-bond donors (Lipinski definition) is 1. The van der Waals surface area contributed by atoms with E-state index in [0.717, 1.165) is 11.0 Å². The van der Waals surface area contributed by atoms with Crippen LogP contribution in [0.4, 0.5) is 0 Å². The van der Waals surface area contributed by atoms with Crippen LogP contribution in [-0.4, -0.2) is 26.7 Å². The van der Waals surface area contributed by atoms with Crippen LogP contribution in [0.5, 0.6) is 0 Å². The number of aliphatic hydroxyl groups is 1. The first-order valence-electron chi connectivity index (χ1n) is 7.93. The molecule has 0 saturated carbocycles. The molecule has 0 aliphatic carbocycles. The van der Waals surface area contributed by atoms with Crippen LogP contribution in [0.15, 0.2) is 67.3 Å². The number of hydrogen-bond acceptors (Lipinski definition) is 4. The van der Waals surface area contributed by atoms with Crippen molar-refractivity contribution in [3.05, 3.63) is 72.8 Å². The second-order valence-electron chi connectivity index (χ2n) is 5.76. The van der Waals surface area contributed by atoms with E-state index in [1.807, 2.05) is 61.5 Å². The van der Waals surface area contributed by atoms with Crippen LogP contribution < -0.4 is 0 Å². The maximum atomic E-state index is 11.5. The van der Waals surface area contributed by atoms with Gasteiger partial charge in [0.1, 0.15) is 11.1 Å². The molecule has 0 saturated heterocycles. The summed E-state index contributed by atoms with van der Waals surface area (Å²) < 4.78 is 7.65. The Bertz CT molecular complexity index is 842. The van der Waals surface area contributed by atoms with E-state index in [2.05, 4.69) is 16.9 Å². The number of rotatable bonds is 6. The fourth-order valence-corrected chi connectivity index (χ4v) is 3.06. The van der Waals surface area contributed by atoms with E-state index in [-0.39, 0.29) is 0 Å². The van der Waals surface area contributed by atoms with E-state index in [0.29, 0.717) is 12.2 Å². The van der Waals surface area contributed by atoms with Crippen LogP contribution in [0.1, 0.15) is 19.4 Å². The van der Waals surface area contributed by atoms with Gasteiger partial charge in [-0.25, -0.2) is 4.68 Å². The summed E-state index contributed by atoms with van der Waals surface area (Å²) in [5, 5.41) is 19.9. The molecule has 124 valence electrons. The van der Waals surface area contributed by atoms with Gasteiger partial charge in [0.25, 0.3) is 0 Å². The van der Waals surface area contributed by atoms with Crippen molar-refractivity contribution in [2.24, 2.45) is 0 Å². The van der Waals surface area contributed by atoms with Crippen LogP contribution in [0.2, 0.25) is 0 Å². The van der Waals surface area contributed by atoms with Crippen LogP contribution >= 0.6 is 0 Å². The summed E-state index contributed by atoms with van der Waals surface area (Å²) in [6, 6.07) is 16.9. The first-order chi connectivity index (χ1) is 11.6. The monoisotopic (exact) mass is 323 g/mol. The highest BCUT2D eigenvalue weighted by atomic mass is 16.5. The lowest BCUT2D eigenvalue weighted by molar-refractivity contribution is -0.204. The molecule has 0 bridgehead atoms. The summed E-state index contributed by atoms with van der Waals surface area (Å²) in [6.45, 7) is 7.89. The minimum Gasteiger partial charge on any atom is -0.380 e. The van der Waals surface area contributed by atoms with Gasteiger partial charge in [0.2, 0.25) is 5.72 Å². The minimum atomic E-state index is -1.40. The van der Waals surface area contributed by atoms with Gasteiger partial charge in [0.15, 0.2) is 0 Å². The third-order valence-electron chi connectivity index (χ3n) is 4.34. The second-order valence-corrected chi connectivity index (χ2v) is 5.76. The molecule has 0 radical (unpaired) electrons. The molecule has 0 amide bonds. The Hall–Kier alpha value is -2.50. The van der Waals surface area contributed by atoms with Crippen molar-refractivity contribution in [2.75, 3.05) is 6.61 Å². The number of ether oxygens (including phenoxy) is 1. The SMILES string of the molecule is C=CC(OCC)(n1nnc2ccccc21)C(C)(O)c1ccccc1. The molecule has 1 N–H and O–H groups in total. The van der Waals surface area contributed by atoms with E-state index >= 15 is 0 Å². The first-order valence-corrected chi connectivity index (χ1v) is 7.93. The number of para-hydroxylation sites is 1. The highest BCUT2D eigenvalue weighted by molar-refractivity contribution is 5.74. The molecule has 0 spiro atoms. The predicted molar refractivity (Wildman–Crippen MR) is 93.3 cm³/mol. The van der Waals surface area contributed by atoms with E-state index in [1.165, 1.54) is 0 Å². The van der Waals surface area contributed by atoms with E-state index in [9.17, 15) is 5.11 Å². The Morgan fingerprint density at radius 2 is 1.83 bits per heavy atom. The quantitative estimate of drug-likeness (QED) is 0.708. The smallest absolute Gasteiger partial charge is 0.214 e. The zero-order chi connectivity index (χ0) is 17.2. The number of benzene rings is 2. The Kier molecular flexibility index (Phi) is 4.22. The van der Waals surface area contributed by atoms with Crippen LogP contribution in [-0.2, 0) is 16.1 Å². The van der Waals surface area contributed by atoms with Crippen LogP contribution in [0.3, 0.4) is 0 Å². The van der Waals surface area contributed by atoms with Gasteiger partial charge in [-0.1, -0.05) is 54.3 Å². The summed E-state index contributed by atoms with van der Waals surface area (Å²) in [7, 11) is 0. The summed E-state index contributed by atoms with van der Waals surface area (Å²) in [4.78, 5) is 0. The van der Waals surface area contributed by atoms with Gasteiger partial charge in [-0.15, -0.1) is 5.10 Å². The van der Waals surface area contributed by atoms with Gasteiger partial charge in [0.05, 0.1) is 5.52 Å². The third kappa shape index (κ3) is 2.33. The number of aromatic nitrogens is 3. The number of nitrogens with zero attached hydrogens (tertiary/aromatic N) is 3. The van der Waals surface area contributed by atoms with Crippen molar-refractivity contribution in [1.29, 1.82) is 0 Å². The van der Waals surface area contributed by atoms with Gasteiger partial charge >= 0.3 is 0 Å². The van der Waals surface area contributed by atoms with Crippen molar-refractivity contribution in [1.82, 2.24) is 15.0 Å². The molecule has 3 rings (SSSR count). The highest BCUT2D eigenvalue weighted by Gasteiger charge is 2.50. The summed E-state index contributed by atoms with van der Waals surface area (Å²) >= 11 is 0. The molecule has 1 aromatic heterocycles. The highest BCUT2D eigenvalue weighted by Crippen LogP contribution is 2.41. The van der Waals surface area contributed by atoms with Gasteiger partial charge in [-0.05, 0) is 37.6 Å². The molecule has 24 heavy (non-hydrogen) atoms. The lowest BCUT2D eigenvalue weighted by Crippen LogP contribution is -2.53. The van der Waals surface area contributed by atoms with Crippen molar-refractivity contribution >= 4 is 11.0 Å². The molecule has 2 atom stereocenters. The Balaban J connectivity index is 2.27. The molecule has 1 heterocycles. The van der Waals surface area contributed by atoms with Crippen molar-refractivity contribution in [2.45, 2.75) is 25.2 Å². The second kappa shape index (κ2) is 6.19. The molecule has 0 fully saturated rings. The first kappa shape index (κ1) is 16.4. The van der Waals surface area contributed by atoms with Crippen molar-refractivity contribution in [3.8, 4) is 0 Å². The van der Waals surface area contributed by atoms with Gasteiger partial charge in [0, 0.05) is 6.61 Å². The van der Waals surface area contributed by atoms with Crippen LogP contribution in [0.25, 0.3) is 11.0 Å². The maximum Gasteiger partial charge on any atom is 0.214 e. The Morgan fingerprint density at radius 3 is 2.50 bits per heavy atom. The van der Waals surface area contributed by atoms with E-state index < -0.39 is 11.3 Å². The third-order valence-corrected chi connectivity index (χ3v) is 4.34. The minimum absolute atomic E-state index is 0.378. The molecule has 5 nitrogen and oxygen atoms in total. The van der Waals surface area contributed by atoms with Crippen molar-refractivity contribution < 1.29 is 9.84 Å². The molecule has 0 aliphatic heterocycles. The average molecular weight is 323 g/mol. The van der Waals surface area contributed by atoms with Gasteiger partial charge in [-0.3, -0.25) is 0 Å². The van der Waals surface area contributed by atoms with Gasteiger partial charge < -0.3 is 9.84 Å². The van der Waals surface area contributed by atoms with E-state index in [1.54, 1.807) is 17.7 Å². The Labute approximate surface area is 141 Å². The zero-order valence-corrected chi connectivity index (χ0v) is 13.9. The predicted octanol–water partition coefficient (Wildman–Crippen LogP) is 3.21. The fraction of sp³-hybridized carbons (Fsp3) is 0.263. The topological polar surface area (TPSA) is 60.2 Å². The zero-order valence-electron chi connectivity index (χ0n) is 13.9. The normalized spacial score (nSPS) is 16.5. The Morgan fingerprint density at radius 1 is 1.17 bits per heavy atom. The molecule has 5 heteroatoms. The molecule has 2 aromatic carbocycles. The largest absolute Gasteiger partial charge is 0.380 e. The van der Waals surface area contributed by atoms with Crippen LogP contribution in [0, 0.1) is 0 Å². The molecular formula is C19H21N3O2. The molecule has 0 aliphatic rings. The average Bonchev–Trinajstić information content (AvgIpc) is 3.05. The summed E-state index contributed by atoms with van der Waals surface area (Å²) in [5.74, 6) is 0. The molecule has 3 aromatic rings. The lowest BCUT2D eigenvalue weighted by Gasteiger charge is -2.43. The summed E-state index contributed by atoms with van der Waals surface area (Å²) in [6.07, 6.45) is 1.59. The number of fused-ring (bicyclic) bond motifs is 1. The van der Waals surface area contributed by atoms with E-state index in [4.69, 9.17) is 4.74 Å². The summed E-state index contributed by atoms with van der Waals surface area (Å²) in [5.41, 5.74) is -0.492.